The number of sulfone groups is 1. The maximum absolute atomic E-state index is 12.6. The highest BCUT2D eigenvalue weighted by atomic mass is 32.2. The van der Waals surface area contributed by atoms with E-state index in [0.717, 1.165) is 23.2 Å². The number of rotatable bonds is 5. The van der Waals surface area contributed by atoms with E-state index in [2.05, 4.69) is 30.2 Å². The Labute approximate surface area is 188 Å². The van der Waals surface area contributed by atoms with Gasteiger partial charge in [0.15, 0.2) is 9.84 Å². The molecule has 5 rings (SSSR count). The summed E-state index contributed by atoms with van der Waals surface area (Å²) in [6, 6.07) is 12.6. The lowest BCUT2D eigenvalue weighted by atomic mass is 10.1. The SMILES string of the molecule is CS(=O)(=O)c1cncc(-c2cc3cc[nH]c(=O)c3c(Nc3ccc(-c4cnc[nH]4)cc3)n2)c1. The number of hydrogen-bond acceptors (Lipinski definition) is 7. The highest BCUT2D eigenvalue weighted by Gasteiger charge is 2.14. The van der Waals surface area contributed by atoms with Crippen molar-refractivity contribution in [1.82, 2.24) is 24.9 Å². The molecular formula is C23H18N6O3S. The number of aromatic amines is 2. The first-order valence-corrected chi connectivity index (χ1v) is 11.8. The third-order valence-electron chi connectivity index (χ3n) is 5.15. The molecule has 0 aliphatic heterocycles. The van der Waals surface area contributed by atoms with E-state index in [4.69, 9.17) is 0 Å². The minimum atomic E-state index is -3.43. The highest BCUT2D eigenvalue weighted by Crippen LogP contribution is 2.29. The zero-order chi connectivity index (χ0) is 23.0. The molecule has 33 heavy (non-hydrogen) atoms. The molecular weight excluding hydrogens is 440 g/mol. The van der Waals surface area contributed by atoms with Crippen LogP contribution in [0, 0.1) is 0 Å². The molecule has 0 atom stereocenters. The molecule has 0 unspecified atom stereocenters. The third kappa shape index (κ3) is 4.11. The standard InChI is InChI=1S/C23H18N6O3S/c1-33(31,32)18-8-16(10-24-11-18)19-9-15-6-7-26-23(30)21(15)22(29-19)28-17-4-2-14(3-5-17)20-12-25-13-27-20/h2-13H,1H3,(H,25,27)(H,26,30)(H,28,29). The van der Waals surface area contributed by atoms with Gasteiger partial charge in [-0.15, -0.1) is 0 Å². The second-order valence-electron chi connectivity index (χ2n) is 7.48. The zero-order valence-corrected chi connectivity index (χ0v) is 18.2. The van der Waals surface area contributed by atoms with Crippen molar-refractivity contribution < 1.29 is 8.42 Å². The lowest BCUT2D eigenvalue weighted by Crippen LogP contribution is -2.09. The molecule has 0 aliphatic carbocycles. The van der Waals surface area contributed by atoms with E-state index >= 15 is 0 Å². The van der Waals surface area contributed by atoms with Crippen LogP contribution < -0.4 is 10.9 Å². The highest BCUT2D eigenvalue weighted by molar-refractivity contribution is 7.90. The Hall–Kier alpha value is -4.31. The van der Waals surface area contributed by atoms with Crippen LogP contribution in [0.15, 0.2) is 83.3 Å². The molecule has 0 saturated heterocycles. The van der Waals surface area contributed by atoms with Crippen molar-refractivity contribution in [1.29, 1.82) is 0 Å². The second-order valence-corrected chi connectivity index (χ2v) is 9.49. The molecule has 3 N–H and O–H groups in total. The summed E-state index contributed by atoms with van der Waals surface area (Å²) >= 11 is 0. The van der Waals surface area contributed by atoms with Crippen molar-refractivity contribution in [3.05, 3.63) is 83.9 Å². The zero-order valence-electron chi connectivity index (χ0n) is 17.4. The van der Waals surface area contributed by atoms with Gasteiger partial charge in [-0.1, -0.05) is 12.1 Å². The van der Waals surface area contributed by atoms with E-state index in [9.17, 15) is 13.2 Å². The molecule has 10 heteroatoms. The summed E-state index contributed by atoms with van der Waals surface area (Å²) in [6.45, 7) is 0. The summed E-state index contributed by atoms with van der Waals surface area (Å²) in [6.07, 6.45) is 8.87. The van der Waals surface area contributed by atoms with Gasteiger partial charge in [0.05, 0.1) is 34.2 Å². The topological polar surface area (TPSA) is 133 Å². The number of H-pyrrole nitrogens is 2. The fourth-order valence-corrected chi connectivity index (χ4v) is 4.09. The summed E-state index contributed by atoms with van der Waals surface area (Å²) in [4.78, 5) is 31.2. The molecule has 0 amide bonds. The molecule has 9 nitrogen and oxygen atoms in total. The Balaban J connectivity index is 1.60. The average Bonchev–Trinajstić information content (AvgIpc) is 3.34. The van der Waals surface area contributed by atoms with Crippen molar-refractivity contribution in [2.45, 2.75) is 4.90 Å². The first-order valence-electron chi connectivity index (χ1n) is 9.92. The summed E-state index contributed by atoms with van der Waals surface area (Å²) in [5.41, 5.74) is 3.31. The second kappa shape index (κ2) is 7.99. The number of anilines is 2. The van der Waals surface area contributed by atoms with E-state index in [0.29, 0.717) is 27.8 Å². The number of imidazole rings is 1. The van der Waals surface area contributed by atoms with Crippen LogP contribution in [0.3, 0.4) is 0 Å². The monoisotopic (exact) mass is 458 g/mol. The fourth-order valence-electron chi connectivity index (χ4n) is 3.50. The predicted octanol–water partition coefficient (Wildman–Crippen LogP) is 3.52. The molecule has 0 bridgehead atoms. The number of hydrogen-bond donors (Lipinski definition) is 3. The molecule has 5 aromatic rings. The van der Waals surface area contributed by atoms with Crippen LogP contribution in [0.5, 0.6) is 0 Å². The summed E-state index contributed by atoms with van der Waals surface area (Å²) in [5.74, 6) is 0.350. The van der Waals surface area contributed by atoms with Crippen LogP contribution >= 0.6 is 0 Å². The number of benzene rings is 1. The lowest BCUT2D eigenvalue weighted by Gasteiger charge is -2.12. The molecule has 0 radical (unpaired) electrons. The van der Waals surface area contributed by atoms with Crippen LogP contribution in [0.25, 0.3) is 33.3 Å². The van der Waals surface area contributed by atoms with Gasteiger partial charge in [0.2, 0.25) is 0 Å². The van der Waals surface area contributed by atoms with Crippen molar-refractivity contribution in [2.75, 3.05) is 11.6 Å². The van der Waals surface area contributed by atoms with Crippen molar-refractivity contribution >= 4 is 32.1 Å². The van der Waals surface area contributed by atoms with E-state index < -0.39 is 9.84 Å². The number of nitrogens with zero attached hydrogens (tertiary/aromatic N) is 3. The van der Waals surface area contributed by atoms with E-state index in [1.165, 1.54) is 12.3 Å². The quantitative estimate of drug-likeness (QED) is 0.367. The van der Waals surface area contributed by atoms with Gasteiger partial charge < -0.3 is 15.3 Å². The van der Waals surface area contributed by atoms with Gasteiger partial charge in [-0.25, -0.2) is 18.4 Å². The first kappa shape index (κ1) is 20.6. The van der Waals surface area contributed by atoms with E-state index in [1.54, 1.807) is 37.1 Å². The average molecular weight is 459 g/mol. The Morgan fingerprint density at radius 2 is 1.73 bits per heavy atom. The lowest BCUT2D eigenvalue weighted by molar-refractivity contribution is 0.601. The van der Waals surface area contributed by atoms with Gasteiger partial charge in [0.1, 0.15) is 5.82 Å². The van der Waals surface area contributed by atoms with Crippen LogP contribution in [-0.2, 0) is 9.84 Å². The maximum atomic E-state index is 12.6. The number of pyridine rings is 3. The van der Waals surface area contributed by atoms with Gasteiger partial charge in [0.25, 0.3) is 5.56 Å². The molecule has 0 fully saturated rings. The maximum Gasteiger partial charge on any atom is 0.259 e. The van der Waals surface area contributed by atoms with Crippen LogP contribution in [0.4, 0.5) is 11.5 Å². The van der Waals surface area contributed by atoms with Crippen LogP contribution in [0.1, 0.15) is 0 Å². The Morgan fingerprint density at radius 3 is 2.45 bits per heavy atom. The summed E-state index contributed by atoms with van der Waals surface area (Å²) < 4.78 is 23.9. The van der Waals surface area contributed by atoms with Gasteiger partial charge in [0, 0.05) is 36.1 Å². The van der Waals surface area contributed by atoms with Crippen LogP contribution in [-0.4, -0.2) is 39.6 Å². The normalized spacial score (nSPS) is 11.5. The minimum Gasteiger partial charge on any atom is -0.345 e. The molecule has 164 valence electrons. The van der Waals surface area contributed by atoms with Gasteiger partial charge >= 0.3 is 0 Å². The molecule has 1 aromatic carbocycles. The Bertz CT molecular complexity index is 1630. The van der Waals surface area contributed by atoms with Crippen LogP contribution in [0.2, 0.25) is 0 Å². The summed E-state index contributed by atoms with van der Waals surface area (Å²) in [7, 11) is -3.43. The van der Waals surface area contributed by atoms with Gasteiger partial charge in [-0.2, -0.15) is 0 Å². The smallest absolute Gasteiger partial charge is 0.259 e. The number of nitrogens with one attached hydrogen (secondary N) is 3. The van der Waals surface area contributed by atoms with Crippen molar-refractivity contribution in [3.63, 3.8) is 0 Å². The number of fused-ring (bicyclic) bond motifs is 1. The fraction of sp³-hybridized carbons (Fsp3) is 0.0435. The van der Waals surface area contributed by atoms with E-state index in [1.807, 2.05) is 24.3 Å². The largest absolute Gasteiger partial charge is 0.345 e. The van der Waals surface area contributed by atoms with Crippen molar-refractivity contribution in [2.24, 2.45) is 0 Å². The Kier molecular flexibility index (Phi) is 4.98. The van der Waals surface area contributed by atoms with E-state index in [-0.39, 0.29) is 10.5 Å². The molecule has 4 heterocycles. The third-order valence-corrected chi connectivity index (χ3v) is 6.23. The number of aromatic nitrogens is 5. The summed E-state index contributed by atoms with van der Waals surface area (Å²) in [5, 5.41) is 4.27. The molecule has 0 spiro atoms. The van der Waals surface area contributed by atoms with Gasteiger partial charge in [-0.3, -0.25) is 9.78 Å². The first-order chi connectivity index (χ1) is 15.9. The predicted molar refractivity (Wildman–Crippen MR) is 126 cm³/mol. The Morgan fingerprint density at radius 1 is 0.909 bits per heavy atom. The minimum absolute atomic E-state index is 0.0942. The molecule has 4 aromatic heterocycles. The van der Waals surface area contributed by atoms with Crippen molar-refractivity contribution in [3.8, 4) is 22.5 Å². The molecule has 0 aliphatic rings. The molecule has 0 saturated carbocycles. The van der Waals surface area contributed by atoms with Gasteiger partial charge in [-0.05, 0) is 41.3 Å².